The van der Waals surface area contributed by atoms with E-state index in [1.807, 2.05) is 0 Å². The van der Waals surface area contributed by atoms with Crippen LogP contribution < -0.4 is 0 Å². The first kappa shape index (κ1) is 10.2. The number of thiol groups is 4. The molecule has 0 aromatic rings. The average Bonchev–Trinajstić information content (AvgIpc) is 2.13. The third-order valence-corrected chi connectivity index (χ3v) is 7.42. The molecule has 2 atom stereocenters. The molecule has 6 heteroatoms. The van der Waals surface area contributed by atoms with Crippen LogP contribution in [0.4, 0.5) is 0 Å². The summed E-state index contributed by atoms with van der Waals surface area (Å²) in [7, 11) is 0. The summed E-state index contributed by atoms with van der Waals surface area (Å²) < 4.78 is 1.19. The van der Waals surface area contributed by atoms with Gasteiger partial charge in [-0.3, -0.25) is 0 Å². The van der Waals surface area contributed by atoms with Crippen LogP contribution in [0.2, 0.25) is 0 Å². The van der Waals surface area contributed by atoms with Gasteiger partial charge in [0.05, 0.1) is 18.3 Å². The summed E-state index contributed by atoms with van der Waals surface area (Å²) in [6.07, 6.45) is 0. The van der Waals surface area contributed by atoms with Crippen molar-refractivity contribution in [2.75, 3.05) is 0 Å². The van der Waals surface area contributed by atoms with Gasteiger partial charge in [-0.2, -0.15) is 50.5 Å². The molecule has 0 bridgehead atoms. The van der Waals surface area contributed by atoms with E-state index < -0.39 is 0 Å². The lowest BCUT2D eigenvalue weighted by molar-refractivity contribution is 1.40. The molecule has 0 N–H and O–H groups in total. The van der Waals surface area contributed by atoms with Gasteiger partial charge < -0.3 is 0 Å². The van der Waals surface area contributed by atoms with Gasteiger partial charge in [0.1, 0.15) is 0 Å². The van der Waals surface area contributed by atoms with Crippen molar-refractivity contribution in [2.24, 2.45) is 0 Å². The average molecular weight is 249 g/mol. The Morgan fingerprint density at radius 3 is 1.60 bits per heavy atom. The van der Waals surface area contributed by atoms with E-state index in [-0.39, 0.29) is 4.58 Å². The van der Waals surface area contributed by atoms with Crippen molar-refractivity contribution in [2.45, 2.75) is 18.3 Å². The van der Waals surface area contributed by atoms with Gasteiger partial charge in [0.25, 0.3) is 0 Å². The molecule has 0 radical (unpaired) electrons. The summed E-state index contributed by atoms with van der Waals surface area (Å²) in [5, 5.41) is 0. The minimum Gasteiger partial charge on any atom is -0.163 e. The fraction of sp³-hybridized carbons (Fsp3) is 1.00. The first-order valence-electron chi connectivity index (χ1n) is 2.64. The predicted octanol–water partition coefficient (Wildman–Crippen LogP) is 2.49. The SMILES string of the molecule is SC(S)C1SC(S)C(S)S1. The zero-order valence-electron chi connectivity index (χ0n) is 4.91. The lowest BCUT2D eigenvalue weighted by Gasteiger charge is -2.09. The van der Waals surface area contributed by atoms with Crippen LogP contribution in [-0.4, -0.2) is 18.3 Å². The highest BCUT2D eigenvalue weighted by Gasteiger charge is 2.33. The molecule has 1 fully saturated rings. The highest BCUT2D eigenvalue weighted by atomic mass is 32.2. The molecular formula is C4H8S6. The lowest BCUT2D eigenvalue weighted by atomic mass is 10.9. The Bertz CT molecular complexity index is 104. The fourth-order valence-electron chi connectivity index (χ4n) is 0.582. The number of hydrogen-bond donors (Lipinski definition) is 4. The number of thioether (sulfide) groups is 2. The molecule has 0 aromatic carbocycles. The van der Waals surface area contributed by atoms with E-state index in [1.165, 1.54) is 0 Å². The molecule has 10 heavy (non-hydrogen) atoms. The maximum absolute atomic E-state index is 4.34. The van der Waals surface area contributed by atoms with Crippen LogP contribution in [-0.2, 0) is 0 Å². The summed E-state index contributed by atoms with van der Waals surface area (Å²) >= 11 is 20.7. The third-order valence-electron chi connectivity index (χ3n) is 1.03. The van der Waals surface area contributed by atoms with Crippen molar-refractivity contribution in [1.29, 1.82) is 0 Å². The summed E-state index contributed by atoms with van der Waals surface area (Å²) in [6, 6.07) is 0. The van der Waals surface area contributed by atoms with Crippen molar-refractivity contribution in [3.8, 4) is 0 Å². The molecule has 0 aliphatic carbocycles. The standard InChI is InChI=1S/C4H8S6/c5-1(6)4-9-2(7)3(8)10-4/h1-8H. The van der Waals surface area contributed by atoms with E-state index in [2.05, 4.69) is 50.5 Å². The van der Waals surface area contributed by atoms with Crippen LogP contribution in [0.3, 0.4) is 0 Å². The van der Waals surface area contributed by atoms with E-state index in [0.29, 0.717) is 13.7 Å². The topological polar surface area (TPSA) is 0 Å². The van der Waals surface area contributed by atoms with Crippen molar-refractivity contribution < 1.29 is 0 Å². The van der Waals surface area contributed by atoms with Crippen LogP contribution >= 0.6 is 74.0 Å². The predicted molar refractivity (Wildman–Crippen MR) is 66.3 cm³/mol. The van der Waals surface area contributed by atoms with Gasteiger partial charge in [-0.05, 0) is 0 Å². The Hall–Kier alpha value is 2.10. The van der Waals surface area contributed by atoms with E-state index in [4.69, 9.17) is 0 Å². The molecule has 2 unspecified atom stereocenters. The maximum atomic E-state index is 4.34. The monoisotopic (exact) mass is 248 g/mol. The van der Waals surface area contributed by atoms with Crippen molar-refractivity contribution >= 4 is 74.0 Å². The minimum atomic E-state index is 0.127. The summed E-state index contributed by atoms with van der Waals surface area (Å²) in [4.78, 5) is 0. The highest BCUT2D eigenvalue weighted by Crippen LogP contribution is 2.49. The second kappa shape index (κ2) is 4.37. The van der Waals surface area contributed by atoms with Gasteiger partial charge in [0.2, 0.25) is 0 Å². The van der Waals surface area contributed by atoms with Crippen LogP contribution in [0, 0.1) is 0 Å². The molecule has 1 aliphatic rings. The fourth-order valence-corrected chi connectivity index (χ4v) is 5.59. The van der Waals surface area contributed by atoms with Gasteiger partial charge in [-0.15, -0.1) is 23.5 Å². The van der Waals surface area contributed by atoms with Gasteiger partial charge >= 0.3 is 0 Å². The number of rotatable bonds is 1. The Labute approximate surface area is 91.7 Å². The van der Waals surface area contributed by atoms with Crippen molar-refractivity contribution in [3.63, 3.8) is 0 Å². The summed E-state index contributed by atoms with van der Waals surface area (Å²) in [5.74, 6) is 0. The second-order valence-electron chi connectivity index (χ2n) is 1.84. The highest BCUT2D eigenvalue weighted by molar-refractivity contribution is 8.30. The number of hydrogen-bond acceptors (Lipinski definition) is 6. The van der Waals surface area contributed by atoms with Crippen LogP contribution in [0.15, 0.2) is 0 Å². The molecular weight excluding hydrogens is 240 g/mol. The van der Waals surface area contributed by atoms with E-state index in [0.717, 1.165) is 0 Å². The summed E-state index contributed by atoms with van der Waals surface area (Å²) in [6.45, 7) is 0. The normalized spacial score (nSPS) is 41.1. The summed E-state index contributed by atoms with van der Waals surface area (Å²) in [5.41, 5.74) is 0. The quantitative estimate of drug-likeness (QED) is 0.416. The molecule has 0 nitrogen and oxygen atoms in total. The molecule has 0 aromatic heterocycles. The van der Waals surface area contributed by atoms with Gasteiger partial charge in [0.15, 0.2) is 0 Å². The molecule has 60 valence electrons. The third kappa shape index (κ3) is 2.55. The Kier molecular flexibility index (Phi) is 4.45. The lowest BCUT2D eigenvalue weighted by Crippen LogP contribution is -2.02. The van der Waals surface area contributed by atoms with E-state index in [1.54, 1.807) is 23.5 Å². The van der Waals surface area contributed by atoms with Gasteiger partial charge in [-0.25, -0.2) is 0 Å². The van der Waals surface area contributed by atoms with Crippen molar-refractivity contribution in [3.05, 3.63) is 0 Å². The smallest absolute Gasteiger partial charge is 0.0730 e. The van der Waals surface area contributed by atoms with Crippen LogP contribution in [0.25, 0.3) is 0 Å². The molecule has 1 saturated heterocycles. The molecule has 0 saturated carbocycles. The minimum absolute atomic E-state index is 0.127. The molecule has 0 spiro atoms. The zero-order chi connectivity index (χ0) is 7.72. The molecule has 1 rings (SSSR count). The Balaban J connectivity index is 2.41. The second-order valence-corrected chi connectivity index (χ2v) is 8.04. The largest absolute Gasteiger partial charge is 0.163 e. The van der Waals surface area contributed by atoms with Gasteiger partial charge in [0, 0.05) is 0 Å². The Morgan fingerprint density at radius 2 is 1.40 bits per heavy atom. The zero-order valence-corrected chi connectivity index (χ0v) is 10.1. The van der Waals surface area contributed by atoms with Crippen LogP contribution in [0.5, 0.6) is 0 Å². The van der Waals surface area contributed by atoms with E-state index in [9.17, 15) is 0 Å². The van der Waals surface area contributed by atoms with Gasteiger partial charge in [-0.1, -0.05) is 0 Å². The molecule has 1 aliphatic heterocycles. The Morgan fingerprint density at radius 1 is 1.00 bits per heavy atom. The first-order chi connectivity index (χ1) is 4.61. The maximum Gasteiger partial charge on any atom is 0.0730 e. The van der Waals surface area contributed by atoms with Crippen molar-refractivity contribution in [1.82, 2.24) is 0 Å². The molecule has 1 heterocycles. The molecule has 0 amide bonds. The first-order valence-corrected chi connectivity index (χ1v) is 6.59. The van der Waals surface area contributed by atoms with E-state index >= 15 is 0 Å². The van der Waals surface area contributed by atoms with Crippen LogP contribution in [0.1, 0.15) is 0 Å².